The van der Waals surface area contributed by atoms with Gasteiger partial charge in [-0.25, -0.2) is 9.48 Å². The van der Waals surface area contributed by atoms with E-state index < -0.39 is 23.8 Å². The summed E-state index contributed by atoms with van der Waals surface area (Å²) in [5.74, 6) is -1.90. The molecule has 0 bridgehead atoms. The molecule has 0 N–H and O–H groups in total. The average molecular weight is 550 g/mol. The maximum atomic E-state index is 13.2. The van der Waals surface area contributed by atoms with E-state index in [9.17, 15) is 9.59 Å². The van der Waals surface area contributed by atoms with Crippen LogP contribution in [0.25, 0.3) is 16.9 Å². The third-order valence-electron chi connectivity index (χ3n) is 7.16. The first-order valence-corrected chi connectivity index (χ1v) is 13.3. The molecule has 41 heavy (non-hydrogen) atoms. The average Bonchev–Trinajstić information content (AvgIpc) is 3.45. The first-order valence-electron chi connectivity index (χ1n) is 13.3. The first-order chi connectivity index (χ1) is 19.9. The summed E-state index contributed by atoms with van der Waals surface area (Å²) in [5, 5.41) is 4.95. The van der Waals surface area contributed by atoms with Gasteiger partial charge in [0.15, 0.2) is 0 Å². The molecule has 0 spiro atoms. The number of rotatable bonds is 8. The zero-order chi connectivity index (χ0) is 28.9. The van der Waals surface area contributed by atoms with Gasteiger partial charge in [-0.1, -0.05) is 48.5 Å². The second-order valence-electron chi connectivity index (χ2n) is 9.73. The van der Waals surface area contributed by atoms with Gasteiger partial charge in [-0.3, -0.25) is 9.79 Å². The van der Waals surface area contributed by atoms with Crippen molar-refractivity contribution < 1.29 is 23.8 Å². The molecule has 0 fully saturated rings. The Morgan fingerprint density at radius 3 is 2.15 bits per heavy atom. The van der Waals surface area contributed by atoms with Crippen molar-refractivity contribution in [2.45, 2.75) is 26.4 Å². The number of methoxy groups -OCH3 is 2. The summed E-state index contributed by atoms with van der Waals surface area (Å²) in [4.78, 5) is 30.8. The smallest absolute Gasteiger partial charge is 0.336 e. The van der Waals surface area contributed by atoms with E-state index in [2.05, 4.69) is 4.99 Å². The summed E-state index contributed by atoms with van der Waals surface area (Å²) in [6.07, 6.45) is 1.86. The molecule has 8 nitrogen and oxygen atoms in total. The van der Waals surface area contributed by atoms with Crippen LogP contribution in [0.3, 0.4) is 0 Å². The monoisotopic (exact) mass is 549 g/mol. The van der Waals surface area contributed by atoms with E-state index >= 15 is 0 Å². The van der Waals surface area contributed by atoms with Gasteiger partial charge in [0, 0.05) is 34.7 Å². The van der Waals surface area contributed by atoms with Crippen LogP contribution in [0.15, 0.2) is 107 Å². The van der Waals surface area contributed by atoms with Crippen LogP contribution >= 0.6 is 0 Å². The topological polar surface area (TPSA) is 92.0 Å². The highest BCUT2D eigenvalue weighted by Gasteiger charge is 2.44. The van der Waals surface area contributed by atoms with Crippen molar-refractivity contribution in [2.75, 3.05) is 14.2 Å². The largest absolute Gasteiger partial charge is 0.489 e. The van der Waals surface area contributed by atoms with Crippen molar-refractivity contribution in [2.24, 2.45) is 10.9 Å². The predicted molar refractivity (Wildman–Crippen MR) is 156 cm³/mol. The van der Waals surface area contributed by atoms with Crippen molar-refractivity contribution in [3.8, 4) is 22.7 Å². The van der Waals surface area contributed by atoms with Crippen LogP contribution in [0, 0.1) is 5.92 Å². The molecule has 1 aliphatic rings. The summed E-state index contributed by atoms with van der Waals surface area (Å²) in [7, 11) is 2.65. The molecule has 1 unspecified atom stereocenters. The van der Waals surface area contributed by atoms with E-state index in [1.165, 1.54) is 14.2 Å². The SMILES string of the molecule is COC(=O)C1=C(C)N=C(C)C(C(=O)OC)[C@@H]1c1cn(-c2ccccc2)nc1-c1ccc(OCc2ccccc2)cc1. The molecule has 1 aliphatic heterocycles. The second kappa shape index (κ2) is 12.0. The zero-order valence-corrected chi connectivity index (χ0v) is 23.4. The Balaban J connectivity index is 1.62. The molecular weight excluding hydrogens is 518 g/mol. The van der Waals surface area contributed by atoms with Gasteiger partial charge in [-0.2, -0.15) is 5.10 Å². The lowest BCUT2D eigenvalue weighted by atomic mass is 9.75. The van der Waals surface area contributed by atoms with E-state index in [1.54, 1.807) is 18.5 Å². The van der Waals surface area contributed by atoms with Gasteiger partial charge in [-0.15, -0.1) is 0 Å². The van der Waals surface area contributed by atoms with Gasteiger partial charge in [0.25, 0.3) is 0 Å². The van der Waals surface area contributed by atoms with Crippen LogP contribution in [-0.4, -0.2) is 41.7 Å². The third-order valence-corrected chi connectivity index (χ3v) is 7.16. The fourth-order valence-corrected chi connectivity index (χ4v) is 5.18. The lowest BCUT2D eigenvalue weighted by molar-refractivity contribution is -0.143. The standard InChI is InChI=1S/C33H31N3O5/c1-21-28(32(37)39-3)30(29(22(2)34-21)33(38)40-4)27-19-36(25-13-9-6-10-14-25)35-31(27)24-15-17-26(18-16-24)41-20-23-11-7-5-8-12-23/h5-19,28,30H,20H2,1-4H3/t28?,30-/m0/s1. The molecule has 1 aromatic heterocycles. The van der Waals surface area contributed by atoms with Gasteiger partial charge in [0.05, 0.1) is 31.2 Å². The molecule has 0 amide bonds. The number of hydrogen-bond acceptors (Lipinski definition) is 7. The number of benzene rings is 3. The number of aliphatic imine (C=N–C) groups is 1. The Morgan fingerprint density at radius 1 is 0.854 bits per heavy atom. The zero-order valence-electron chi connectivity index (χ0n) is 23.4. The number of ether oxygens (including phenoxy) is 3. The van der Waals surface area contributed by atoms with E-state index in [4.69, 9.17) is 19.3 Å². The van der Waals surface area contributed by atoms with E-state index in [-0.39, 0.29) is 0 Å². The van der Waals surface area contributed by atoms with Crippen LogP contribution in [0.1, 0.15) is 30.9 Å². The number of allylic oxidation sites excluding steroid dienone is 1. The minimum Gasteiger partial charge on any atom is -0.489 e. The van der Waals surface area contributed by atoms with E-state index in [0.717, 1.165) is 16.8 Å². The number of carbonyl (C=O) groups is 2. The van der Waals surface area contributed by atoms with Gasteiger partial charge < -0.3 is 14.2 Å². The maximum absolute atomic E-state index is 13.2. The lowest BCUT2D eigenvalue weighted by Crippen LogP contribution is -2.36. The molecule has 208 valence electrons. The minimum atomic E-state index is -0.835. The summed E-state index contributed by atoms with van der Waals surface area (Å²) < 4.78 is 18.1. The summed E-state index contributed by atoms with van der Waals surface area (Å²) in [6.45, 7) is 3.96. The molecule has 0 radical (unpaired) electrons. The molecule has 2 atom stereocenters. The van der Waals surface area contributed by atoms with Gasteiger partial charge >= 0.3 is 11.9 Å². The quantitative estimate of drug-likeness (QED) is 0.254. The highest BCUT2D eigenvalue weighted by Crippen LogP contribution is 2.43. The number of carbonyl (C=O) groups excluding carboxylic acids is 2. The molecule has 0 saturated carbocycles. The van der Waals surface area contributed by atoms with Crippen LogP contribution in [0.2, 0.25) is 0 Å². The molecular formula is C33H31N3O5. The molecule has 2 heterocycles. The fourth-order valence-electron chi connectivity index (χ4n) is 5.18. The Bertz CT molecular complexity index is 1610. The third kappa shape index (κ3) is 5.68. The second-order valence-corrected chi connectivity index (χ2v) is 9.73. The Labute approximate surface area is 238 Å². The van der Waals surface area contributed by atoms with Crippen molar-refractivity contribution in [1.29, 1.82) is 0 Å². The van der Waals surface area contributed by atoms with Gasteiger partial charge in [0.1, 0.15) is 18.3 Å². The molecule has 3 aromatic carbocycles. The predicted octanol–water partition coefficient (Wildman–Crippen LogP) is 5.91. The Morgan fingerprint density at radius 2 is 1.51 bits per heavy atom. The van der Waals surface area contributed by atoms with Gasteiger partial charge in [-0.05, 0) is 55.8 Å². The summed E-state index contributed by atoms with van der Waals surface area (Å²) in [5.41, 5.74) is 5.33. The maximum Gasteiger partial charge on any atom is 0.336 e. The van der Waals surface area contributed by atoms with Crippen molar-refractivity contribution in [1.82, 2.24) is 9.78 Å². The molecule has 4 aromatic rings. The molecule has 8 heteroatoms. The van der Waals surface area contributed by atoms with E-state index in [1.807, 2.05) is 91.1 Å². The lowest BCUT2D eigenvalue weighted by Gasteiger charge is -2.30. The fraction of sp³-hybridized carbons (Fsp3) is 0.212. The van der Waals surface area contributed by atoms with Crippen LogP contribution in [0.4, 0.5) is 0 Å². The van der Waals surface area contributed by atoms with Crippen LogP contribution in [-0.2, 0) is 25.7 Å². The van der Waals surface area contributed by atoms with Crippen molar-refractivity contribution in [3.05, 3.63) is 114 Å². The minimum absolute atomic E-state index is 0.296. The highest BCUT2D eigenvalue weighted by atomic mass is 16.5. The molecule has 0 saturated heterocycles. The van der Waals surface area contributed by atoms with Crippen LogP contribution in [0.5, 0.6) is 5.75 Å². The normalized spacial score (nSPS) is 16.6. The number of esters is 2. The molecule has 0 aliphatic carbocycles. The number of aromatic nitrogens is 2. The van der Waals surface area contributed by atoms with Crippen LogP contribution < -0.4 is 4.74 Å². The highest BCUT2D eigenvalue weighted by molar-refractivity contribution is 6.07. The van der Waals surface area contributed by atoms with E-state index in [0.29, 0.717) is 40.6 Å². The summed E-state index contributed by atoms with van der Waals surface area (Å²) >= 11 is 0. The van der Waals surface area contributed by atoms with Crippen molar-refractivity contribution in [3.63, 3.8) is 0 Å². The first kappa shape index (κ1) is 27.6. The van der Waals surface area contributed by atoms with Gasteiger partial charge in [0.2, 0.25) is 0 Å². The number of para-hydroxylation sites is 1. The Hall–Kier alpha value is -4.98. The van der Waals surface area contributed by atoms with Crippen molar-refractivity contribution >= 4 is 17.7 Å². The molecule has 5 rings (SSSR count). The summed E-state index contributed by atoms with van der Waals surface area (Å²) in [6, 6.07) is 27.2. The number of nitrogens with zero attached hydrogens (tertiary/aromatic N) is 3. The Kier molecular flexibility index (Phi) is 8.10. The number of hydrogen-bond donors (Lipinski definition) is 0.